The van der Waals surface area contributed by atoms with Gasteiger partial charge in [0, 0.05) is 12.5 Å². The summed E-state index contributed by atoms with van der Waals surface area (Å²) < 4.78 is 18.2. The number of halogens is 1. The van der Waals surface area contributed by atoms with E-state index in [4.69, 9.17) is 10.5 Å². The van der Waals surface area contributed by atoms with Crippen LogP contribution in [0.4, 0.5) is 4.39 Å². The lowest BCUT2D eigenvalue weighted by atomic mass is 9.79. The van der Waals surface area contributed by atoms with Crippen LogP contribution in [0.5, 0.6) is 0 Å². The summed E-state index contributed by atoms with van der Waals surface area (Å²) in [6, 6.07) is 3.09. The van der Waals surface area contributed by atoms with E-state index in [0.717, 1.165) is 25.1 Å². The zero-order chi connectivity index (χ0) is 11.6. The smallest absolute Gasteiger partial charge is 0.141 e. The van der Waals surface area contributed by atoms with Crippen molar-refractivity contribution in [3.05, 3.63) is 29.8 Å². The zero-order valence-electron chi connectivity index (χ0n) is 9.45. The molecule has 1 saturated heterocycles. The molecule has 3 nitrogen and oxygen atoms in total. The summed E-state index contributed by atoms with van der Waals surface area (Å²) in [4.78, 5) is 4.11. The van der Waals surface area contributed by atoms with Gasteiger partial charge in [0.2, 0.25) is 0 Å². The van der Waals surface area contributed by atoms with E-state index in [2.05, 4.69) is 4.98 Å². The molecule has 0 aromatic carbocycles. The summed E-state index contributed by atoms with van der Waals surface area (Å²) in [7, 11) is 0. The van der Waals surface area contributed by atoms with Crippen LogP contribution in [0.1, 0.15) is 25.5 Å². The fraction of sp³-hybridized carbons (Fsp3) is 0.583. The van der Waals surface area contributed by atoms with E-state index >= 15 is 0 Å². The summed E-state index contributed by atoms with van der Waals surface area (Å²) in [5.74, 6) is -0.0552. The van der Waals surface area contributed by atoms with Crippen molar-refractivity contribution in [3.8, 4) is 0 Å². The summed E-state index contributed by atoms with van der Waals surface area (Å²) in [5.41, 5.74) is 6.67. The lowest BCUT2D eigenvalue weighted by Gasteiger charge is -2.33. The van der Waals surface area contributed by atoms with E-state index in [1.165, 1.54) is 12.3 Å². The Kier molecular flexibility index (Phi) is 3.21. The van der Waals surface area contributed by atoms with E-state index in [1.54, 1.807) is 6.07 Å². The van der Waals surface area contributed by atoms with Crippen molar-refractivity contribution in [1.82, 2.24) is 4.98 Å². The van der Waals surface area contributed by atoms with Gasteiger partial charge in [-0.05, 0) is 25.0 Å². The van der Waals surface area contributed by atoms with Crippen LogP contribution >= 0.6 is 0 Å². The predicted octanol–water partition coefficient (Wildman–Crippen LogP) is 1.82. The maximum atomic E-state index is 12.8. The number of nitrogens with two attached hydrogens (primary N) is 1. The SMILES string of the molecule is CCC(N)(c1ccc(F)cn1)C1CCOC1. The van der Waals surface area contributed by atoms with Crippen molar-refractivity contribution < 1.29 is 9.13 Å². The first-order valence-electron chi connectivity index (χ1n) is 5.65. The second-order valence-electron chi connectivity index (χ2n) is 4.32. The minimum absolute atomic E-state index is 0.274. The molecule has 16 heavy (non-hydrogen) atoms. The third kappa shape index (κ3) is 1.95. The highest BCUT2D eigenvalue weighted by atomic mass is 19.1. The van der Waals surface area contributed by atoms with Crippen molar-refractivity contribution in [3.63, 3.8) is 0 Å². The third-order valence-electron chi connectivity index (χ3n) is 3.45. The molecule has 1 aromatic rings. The van der Waals surface area contributed by atoms with Crippen LogP contribution in [0.2, 0.25) is 0 Å². The number of nitrogens with zero attached hydrogens (tertiary/aromatic N) is 1. The fourth-order valence-corrected chi connectivity index (χ4v) is 2.27. The highest BCUT2D eigenvalue weighted by Crippen LogP contribution is 2.34. The van der Waals surface area contributed by atoms with E-state index in [0.29, 0.717) is 6.61 Å². The average molecular weight is 224 g/mol. The number of aromatic nitrogens is 1. The van der Waals surface area contributed by atoms with E-state index in [1.807, 2.05) is 6.92 Å². The Labute approximate surface area is 94.8 Å². The predicted molar refractivity (Wildman–Crippen MR) is 59.3 cm³/mol. The van der Waals surface area contributed by atoms with E-state index in [9.17, 15) is 4.39 Å². The minimum atomic E-state index is -0.496. The van der Waals surface area contributed by atoms with Crippen LogP contribution in [0, 0.1) is 11.7 Å². The molecular formula is C12H17FN2O. The third-order valence-corrected chi connectivity index (χ3v) is 3.45. The standard InChI is InChI=1S/C12H17FN2O/c1-2-12(14,9-5-6-16-8-9)11-4-3-10(13)7-15-11/h3-4,7,9H,2,5-6,8,14H2,1H3. The van der Waals surface area contributed by atoms with Crippen LogP contribution in [-0.4, -0.2) is 18.2 Å². The van der Waals surface area contributed by atoms with Gasteiger partial charge in [0.05, 0.1) is 24.0 Å². The first kappa shape index (κ1) is 11.5. The number of rotatable bonds is 3. The Morgan fingerprint density at radius 1 is 1.62 bits per heavy atom. The molecule has 4 heteroatoms. The Morgan fingerprint density at radius 3 is 2.94 bits per heavy atom. The van der Waals surface area contributed by atoms with Crippen molar-refractivity contribution >= 4 is 0 Å². The fourth-order valence-electron chi connectivity index (χ4n) is 2.27. The Bertz CT molecular complexity index is 349. The Balaban J connectivity index is 2.29. The summed E-state index contributed by atoms with van der Waals surface area (Å²) in [6.45, 7) is 3.46. The number of hydrogen-bond donors (Lipinski definition) is 1. The van der Waals surface area contributed by atoms with Crippen LogP contribution in [0.25, 0.3) is 0 Å². The van der Waals surface area contributed by atoms with Gasteiger partial charge in [-0.2, -0.15) is 0 Å². The Morgan fingerprint density at radius 2 is 2.44 bits per heavy atom. The minimum Gasteiger partial charge on any atom is -0.381 e. The van der Waals surface area contributed by atoms with Gasteiger partial charge < -0.3 is 10.5 Å². The normalized spacial score (nSPS) is 24.3. The average Bonchev–Trinajstić information content (AvgIpc) is 2.83. The van der Waals surface area contributed by atoms with Gasteiger partial charge in [-0.1, -0.05) is 6.92 Å². The molecule has 0 bridgehead atoms. The number of ether oxygens (including phenoxy) is 1. The van der Waals surface area contributed by atoms with E-state index < -0.39 is 5.54 Å². The maximum Gasteiger partial charge on any atom is 0.141 e. The van der Waals surface area contributed by atoms with Crippen LogP contribution in [0.15, 0.2) is 18.3 Å². The first-order chi connectivity index (χ1) is 7.66. The van der Waals surface area contributed by atoms with Crippen molar-refractivity contribution in [2.24, 2.45) is 11.7 Å². The monoisotopic (exact) mass is 224 g/mol. The molecule has 1 fully saturated rings. The molecule has 0 radical (unpaired) electrons. The Hall–Kier alpha value is -1.00. The van der Waals surface area contributed by atoms with Crippen LogP contribution in [-0.2, 0) is 10.3 Å². The molecule has 2 atom stereocenters. The highest BCUT2D eigenvalue weighted by molar-refractivity contribution is 5.17. The van der Waals surface area contributed by atoms with Crippen LogP contribution in [0.3, 0.4) is 0 Å². The van der Waals surface area contributed by atoms with Crippen molar-refractivity contribution in [2.75, 3.05) is 13.2 Å². The van der Waals surface area contributed by atoms with Gasteiger partial charge in [-0.15, -0.1) is 0 Å². The highest BCUT2D eigenvalue weighted by Gasteiger charge is 2.38. The molecule has 1 aliphatic rings. The second kappa shape index (κ2) is 4.47. The quantitative estimate of drug-likeness (QED) is 0.852. The van der Waals surface area contributed by atoms with Gasteiger partial charge in [0.25, 0.3) is 0 Å². The molecule has 2 heterocycles. The number of hydrogen-bond acceptors (Lipinski definition) is 3. The molecule has 2 unspecified atom stereocenters. The van der Waals surface area contributed by atoms with Gasteiger partial charge in [-0.3, -0.25) is 4.98 Å². The molecule has 1 aliphatic heterocycles. The van der Waals surface area contributed by atoms with Crippen LogP contribution < -0.4 is 5.73 Å². The van der Waals surface area contributed by atoms with E-state index in [-0.39, 0.29) is 11.7 Å². The lowest BCUT2D eigenvalue weighted by molar-refractivity contribution is 0.158. The van der Waals surface area contributed by atoms with Gasteiger partial charge in [0.15, 0.2) is 0 Å². The molecular weight excluding hydrogens is 207 g/mol. The molecule has 2 N–H and O–H groups in total. The summed E-state index contributed by atoms with van der Waals surface area (Å²) >= 11 is 0. The number of pyridine rings is 1. The molecule has 0 saturated carbocycles. The zero-order valence-corrected chi connectivity index (χ0v) is 9.45. The largest absolute Gasteiger partial charge is 0.381 e. The van der Waals surface area contributed by atoms with Gasteiger partial charge in [-0.25, -0.2) is 4.39 Å². The topological polar surface area (TPSA) is 48.1 Å². The van der Waals surface area contributed by atoms with Gasteiger partial charge >= 0.3 is 0 Å². The first-order valence-corrected chi connectivity index (χ1v) is 5.65. The van der Waals surface area contributed by atoms with Crippen molar-refractivity contribution in [1.29, 1.82) is 0 Å². The van der Waals surface area contributed by atoms with Gasteiger partial charge in [0.1, 0.15) is 5.82 Å². The molecule has 88 valence electrons. The molecule has 2 rings (SSSR count). The summed E-state index contributed by atoms with van der Waals surface area (Å²) in [6.07, 6.45) is 2.95. The van der Waals surface area contributed by atoms with Crippen molar-refractivity contribution in [2.45, 2.75) is 25.3 Å². The molecule has 0 amide bonds. The maximum absolute atomic E-state index is 12.8. The molecule has 1 aromatic heterocycles. The summed E-state index contributed by atoms with van der Waals surface area (Å²) in [5, 5.41) is 0. The lowest BCUT2D eigenvalue weighted by Crippen LogP contribution is -2.44. The second-order valence-corrected chi connectivity index (χ2v) is 4.32. The molecule has 0 aliphatic carbocycles. The molecule has 0 spiro atoms.